The number of hydrogen-bond donors (Lipinski definition) is 1. The van der Waals surface area contributed by atoms with Crippen LogP contribution in [0.4, 0.5) is 0 Å². The van der Waals surface area contributed by atoms with Gasteiger partial charge in [0.1, 0.15) is 5.56 Å². The minimum absolute atomic E-state index is 0.0118. The van der Waals surface area contributed by atoms with Crippen LogP contribution in [-0.4, -0.2) is 37.4 Å². The summed E-state index contributed by atoms with van der Waals surface area (Å²) >= 11 is 0. The second-order valence-corrected chi connectivity index (χ2v) is 6.18. The van der Waals surface area contributed by atoms with Crippen LogP contribution in [0.3, 0.4) is 0 Å². The van der Waals surface area contributed by atoms with Crippen molar-refractivity contribution < 1.29 is 33.3 Å². The minimum Gasteiger partial charge on any atom is -0.493 e. The largest absolute Gasteiger partial charge is 0.493 e. The second kappa shape index (κ2) is 6.91. The first-order valence-electron chi connectivity index (χ1n) is 8.64. The van der Waals surface area contributed by atoms with Gasteiger partial charge < -0.3 is 28.7 Å². The van der Waals surface area contributed by atoms with Crippen LogP contribution in [0.15, 0.2) is 23.1 Å². The van der Waals surface area contributed by atoms with Crippen LogP contribution < -0.4 is 24.5 Å². The maximum Gasteiger partial charge on any atom is 0.343 e. The van der Waals surface area contributed by atoms with Crippen molar-refractivity contribution >= 4 is 11.9 Å². The summed E-state index contributed by atoms with van der Waals surface area (Å²) in [6.45, 7) is 1.85. The molecule has 0 fully saturated rings. The van der Waals surface area contributed by atoms with Crippen LogP contribution in [0, 0.1) is 0 Å². The van der Waals surface area contributed by atoms with E-state index in [0.29, 0.717) is 22.8 Å². The Bertz CT molecular complexity index is 1030. The molecule has 0 saturated heterocycles. The summed E-state index contributed by atoms with van der Waals surface area (Å²) < 4.78 is 26.4. The highest BCUT2D eigenvalue weighted by Crippen LogP contribution is 2.46. The highest BCUT2D eigenvalue weighted by molar-refractivity contribution is 5.94. The summed E-state index contributed by atoms with van der Waals surface area (Å²) in [5, 5.41) is 0. The Kier molecular flexibility index (Phi) is 4.42. The molecule has 1 aromatic heterocycles. The Balaban J connectivity index is 1.88. The number of ether oxygens (including phenoxy) is 5. The molecule has 0 aliphatic carbocycles. The molecule has 9 heteroatoms. The van der Waals surface area contributed by atoms with Crippen LogP contribution in [0.5, 0.6) is 23.0 Å². The molecule has 28 heavy (non-hydrogen) atoms. The van der Waals surface area contributed by atoms with E-state index in [4.69, 9.17) is 23.7 Å². The molecule has 1 aromatic carbocycles. The van der Waals surface area contributed by atoms with E-state index in [9.17, 15) is 14.4 Å². The van der Waals surface area contributed by atoms with Gasteiger partial charge in [-0.2, -0.15) is 0 Å². The maximum atomic E-state index is 12.6. The van der Waals surface area contributed by atoms with E-state index < -0.39 is 23.4 Å². The topological polar surface area (TPSA) is 113 Å². The summed E-state index contributed by atoms with van der Waals surface area (Å²) in [6.07, 6.45) is 1.11. The highest BCUT2D eigenvalue weighted by Gasteiger charge is 2.36. The van der Waals surface area contributed by atoms with Crippen molar-refractivity contribution in [1.82, 2.24) is 4.98 Å². The Hall–Kier alpha value is -3.49. The lowest BCUT2D eigenvalue weighted by Crippen LogP contribution is -2.30. The Morgan fingerprint density at radius 3 is 2.82 bits per heavy atom. The van der Waals surface area contributed by atoms with E-state index in [2.05, 4.69) is 4.98 Å². The van der Waals surface area contributed by atoms with Crippen molar-refractivity contribution in [1.29, 1.82) is 0 Å². The first-order chi connectivity index (χ1) is 13.5. The number of H-pyrrole nitrogens is 1. The van der Waals surface area contributed by atoms with Crippen molar-refractivity contribution in [3.05, 3.63) is 45.4 Å². The number of rotatable bonds is 4. The quantitative estimate of drug-likeness (QED) is 0.789. The number of nitrogens with one attached hydrogen (secondary N) is 1. The number of pyridine rings is 1. The molecule has 0 bridgehead atoms. The summed E-state index contributed by atoms with van der Waals surface area (Å²) in [7, 11) is 1.48. The molecule has 0 saturated carbocycles. The first kappa shape index (κ1) is 17.9. The van der Waals surface area contributed by atoms with Crippen LogP contribution in [-0.2, 0) is 9.53 Å². The lowest BCUT2D eigenvalue weighted by atomic mass is 9.86. The van der Waals surface area contributed by atoms with E-state index in [-0.39, 0.29) is 36.7 Å². The third kappa shape index (κ3) is 2.84. The lowest BCUT2D eigenvalue weighted by molar-refractivity contribution is -0.135. The summed E-state index contributed by atoms with van der Waals surface area (Å²) in [5.74, 6) is -0.662. The smallest absolute Gasteiger partial charge is 0.343 e. The van der Waals surface area contributed by atoms with Crippen molar-refractivity contribution in [2.75, 3.05) is 20.5 Å². The number of carbonyl (C=O) groups is 2. The number of aromatic amines is 1. The number of hydrogen-bond acceptors (Lipinski definition) is 8. The SMILES string of the molecule is CCOC(=O)c1c[nH]c(=O)c2c1OC(=O)C[C@H]2c1cc(OC)c2c(c1)OCO2. The van der Waals surface area contributed by atoms with Gasteiger partial charge in [-0.3, -0.25) is 9.59 Å². The van der Waals surface area contributed by atoms with Crippen LogP contribution in [0.25, 0.3) is 0 Å². The Morgan fingerprint density at radius 1 is 1.25 bits per heavy atom. The van der Waals surface area contributed by atoms with Gasteiger partial charge in [0.25, 0.3) is 5.56 Å². The number of esters is 2. The number of aromatic nitrogens is 1. The molecule has 1 N–H and O–H groups in total. The Labute approximate surface area is 159 Å². The highest BCUT2D eigenvalue weighted by atomic mass is 16.7. The molecular formula is C19H17NO8. The molecule has 0 radical (unpaired) electrons. The van der Waals surface area contributed by atoms with Gasteiger partial charge in [0.15, 0.2) is 17.2 Å². The van der Waals surface area contributed by atoms with Gasteiger partial charge in [-0.15, -0.1) is 0 Å². The van der Waals surface area contributed by atoms with E-state index in [1.165, 1.54) is 13.3 Å². The monoisotopic (exact) mass is 387 g/mol. The zero-order valence-corrected chi connectivity index (χ0v) is 15.2. The number of fused-ring (bicyclic) bond motifs is 2. The van der Waals surface area contributed by atoms with E-state index in [0.717, 1.165) is 0 Å². The molecular weight excluding hydrogens is 370 g/mol. The average Bonchev–Trinajstić information content (AvgIpc) is 3.15. The van der Waals surface area contributed by atoms with Crippen LogP contribution in [0.1, 0.15) is 40.7 Å². The standard InChI is InChI=1S/C19H17NO8/c1-3-25-19(23)11-7-20-18(22)15-10(6-14(21)28-16(11)15)9-4-12(24-2)17-13(5-9)26-8-27-17/h4-5,7,10H,3,6,8H2,1-2H3,(H,20,22)/t10-/m0/s1. The molecule has 3 heterocycles. The number of benzene rings is 1. The van der Waals surface area contributed by atoms with Crippen LogP contribution >= 0.6 is 0 Å². The molecule has 0 amide bonds. The summed E-state index contributed by atoms with van der Waals surface area (Å²) in [5.41, 5.74) is 0.302. The predicted molar refractivity (Wildman–Crippen MR) is 94.2 cm³/mol. The van der Waals surface area contributed by atoms with Gasteiger partial charge >= 0.3 is 11.9 Å². The molecule has 2 aromatic rings. The van der Waals surface area contributed by atoms with Gasteiger partial charge in [-0.25, -0.2) is 4.79 Å². The fraction of sp³-hybridized carbons (Fsp3) is 0.316. The molecule has 0 spiro atoms. The molecule has 2 aliphatic heterocycles. The zero-order valence-electron chi connectivity index (χ0n) is 15.2. The average molecular weight is 387 g/mol. The van der Waals surface area contributed by atoms with E-state index in [1.54, 1.807) is 19.1 Å². The lowest BCUT2D eigenvalue weighted by Gasteiger charge is -2.25. The number of carbonyl (C=O) groups excluding carboxylic acids is 2. The second-order valence-electron chi connectivity index (χ2n) is 6.18. The third-order valence-electron chi connectivity index (χ3n) is 4.60. The maximum absolute atomic E-state index is 12.6. The normalized spacial score (nSPS) is 16.9. The van der Waals surface area contributed by atoms with Crippen molar-refractivity contribution in [3.8, 4) is 23.0 Å². The summed E-state index contributed by atoms with van der Waals surface area (Å²) in [6, 6.07) is 3.37. The molecule has 0 unspecified atom stereocenters. The van der Waals surface area contributed by atoms with Crippen molar-refractivity contribution in [2.45, 2.75) is 19.3 Å². The fourth-order valence-electron chi connectivity index (χ4n) is 3.38. The third-order valence-corrected chi connectivity index (χ3v) is 4.60. The molecule has 4 rings (SSSR count). The van der Waals surface area contributed by atoms with Gasteiger partial charge in [0.2, 0.25) is 12.5 Å². The molecule has 2 aliphatic rings. The molecule has 1 atom stereocenters. The van der Waals surface area contributed by atoms with Crippen molar-refractivity contribution in [2.24, 2.45) is 0 Å². The van der Waals surface area contributed by atoms with Gasteiger partial charge in [-0.1, -0.05) is 0 Å². The Morgan fingerprint density at radius 2 is 2.07 bits per heavy atom. The predicted octanol–water partition coefficient (Wildman–Crippen LogP) is 1.73. The molecule has 9 nitrogen and oxygen atoms in total. The fourth-order valence-corrected chi connectivity index (χ4v) is 3.38. The first-order valence-corrected chi connectivity index (χ1v) is 8.64. The van der Waals surface area contributed by atoms with Gasteiger partial charge in [-0.05, 0) is 24.6 Å². The van der Waals surface area contributed by atoms with Crippen LogP contribution in [0.2, 0.25) is 0 Å². The van der Waals surface area contributed by atoms with E-state index in [1.807, 2.05) is 0 Å². The van der Waals surface area contributed by atoms with E-state index >= 15 is 0 Å². The number of methoxy groups -OCH3 is 1. The summed E-state index contributed by atoms with van der Waals surface area (Å²) in [4.78, 5) is 39.6. The minimum atomic E-state index is -0.688. The van der Waals surface area contributed by atoms with Gasteiger partial charge in [0, 0.05) is 12.1 Å². The van der Waals surface area contributed by atoms with Crippen molar-refractivity contribution in [3.63, 3.8) is 0 Å². The molecule has 146 valence electrons. The van der Waals surface area contributed by atoms with Gasteiger partial charge in [0.05, 0.1) is 25.7 Å². The zero-order chi connectivity index (χ0) is 19.8.